The summed E-state index contributed by atoms with van der Waals surface area (Å²) in [5.41, 5.74) is 2.34. The van der Waals surface area contributed by atoms with Crippen LogP contribution in [0.4, 0.5) is 0 Å². The number of benzene rings is 2. The van der Waals surface area contributed by atoms with E-state index in [1.165, 1.54) is 28.4 Å². The van der Waals surface area contributed by atoms with Crippen LogP contribution >= 0.6 is 0 Å². The number of ether oxygens (including phenoxy) is 6. The number of phenolic OH excluding ortho intramolecular Hbond substituents is 1. The van der Waals surface area contributed by atoms with Crippen LogP contribution in [-0.2, 0) is 22.4 Å². The zero-order valence-electron chi connectivity index (χ0n) is 22.5. The smallest absolute Gasteiger partial charge is 0.333 e. The maximum absolute atomic E-state index is 12.9. The second kappa shape index (κ2) is 10.6. The Balaban J connectivity index is 2.43. The van der Waals surface area contributed by atoms with Crippen molar-refractivity contribution < 1.29 is 38.3 Å². The van der Waals surface area contributed by atoms with E-state index in [2.05, 4.69) is 0 Å². The van der Waals surface area contributed by atoms with Crippen LogP contribution in [0, 0.1) is 5.92 Å². The molecule has 1 N–H and O–H groups in total. The molecule has 0 aromatic heterocycles. The van der Waals surface area contributed by atoms with Crippen molar-refractivity contribution in [3.05, 3.63) is 34.9 Å². The number of carbonyl (C=O) groups excluding carboxylic acids is 1. The van der Waals surface area contributed by atoms with Gasteiger partial charge in [0.05, 0.1) is 35.5 Å². The minimum absolute atomic E-state index is 0.0730. The second-order valence-corrected chi connectivity index (χ2v) is 9.13. The number of rotatable bonds is 7. The fourth-order valence-corrected chi connectivity index (χ4v) is 4.73. The first-order valence-corrected chi connectivity index (χ1v) is 11.8. The van der Waals surface area contributed by atoms with E-state index in [1.54, 1.807) is 27.0 Å². The number of hydrogen-bond donors (Lipinski definition) is 1. The molecule has 2 aromatic rings. The summed E-state index contributed by atoms with van der Waals surface area (Å²) in [6.07, 6.45) is 2.56. The van der Waals surface area contributed by atoms with Crippen molar-refractivity contribution >= 4 is 5.97 Å². The van der Waals surface area contributed by atoms with Gasteiger partial charge in [0.2, 0.25) is 11.5 Å². The molecular weight excluding hydrogens is 464 g/mol. The Kier molecular flexibility index (Phi) is 7.96. The van der Waals surface area contributed by atoms with Gasteiger partial charge in [-0.2, -0.15) is 0 Å². The summed E-state index contributed by atoms with van der Waals surface area (Å²) in [6.45, 7) is 7.49. The van der Waals surface area contributed by atoms with Gasteiger partial charge in [-0.05, 0) is 50.5 Å². The molecular formula is C28H36O8. The topological polar surface area (TPSA) is 92.7 Å². The summed E-state index contributed by atoms with van der Waals surface area (Å²) in [5.74, 6) is 1.26. The maximum Gasteiger partial charge on any atom is 0.333 e. The van der Waals surface area contributed by atoms with Gasteiger partial charge in [-0.25, -0.2) is 4.79 Å². The largest absolute Gasteiger partial charge is 0.504 e. The predicted octanol–water partition coefficient (Wildman–Crippen LogP) is 5.11. The average Bonchev–Trinajstić information content (AvgIpc) is 2.86. The fraction of sp³-hybridized carbons (Fsp3) is 0.464. The highest BCUT2D eigenvalue weighted by molar-refractivity contribution is 5.89. The molecule has 36 heavy (non-hydrogen) atoms. The lowest BCUT2D eigenvalue weighted by atomic mass is 9.74. The summed E-state index contributed by atoms with van der Waals surface area (Å²) in [7, 11) is 7.60. The Morgan fingerprint density at radius 2 is 1.47 bits per heavy atom. The van der Waals surface area contributed by atoms with Crippen LogP contribution in [0.2, 0.25) is 0 Å². The van der Waals surface area contributed by atoms with Crippen molar-refractivity contribution in [1.29, 1.82) is 0 Å². The summed E-state index contributed by atoms with van der Waals surface area (Å²) < 4.78 is 34.3. The Morgan fingerprint density at radius 1 is 0.917 bits per heavy atom. The van der Waals surface area contributed by atoms with Crippen LogP contribution in [0.3, 0.4) is 0 Å². The molecule has 0 amide bonds. The first-order valence-electron chi connectivity index (χ1n) is 11.8. The van der Waals surface area contributed by atoms with Crippen molar-refractivity contribution in [2.45, 2.75) is 46.1 Å². The Labute approximate surface area is 212 Å². The van der Waals surface area contributed by atoms with Crippen molar-refractivity contribution in [3.8, 4) is 45.6 Å². The molecule has 2 atom stereocenters. The zero-order valence-corrected chi connectivity index (χ0v) is 22.5. The highest BCUT2D eigenvalue weighted by Crippen LogP contribution is 2.56. The van der Waals surface area contributed by atoms with E-state index in [4.69, 9.17) is 28.4 Å². The number of carbonyl (C=O) groups is 1. The number of hydrogen-bond acceptors (Lipinski definition) is 8. The Bertz CT molecular complexity index is 1180. The van der Waals surface area contributed by atoms with E-state index in [1.807, 2.05) is 26.0 Å². The molecule has 8 nitrogen and oxygen atoms in total. The summed E-state index contributed by atoms with van der Waals surface area (Å²) in [6, 6.07) is 3.68. The zero-order chi connectivity index (χ0) is 26.8. The van der Waals surface area contributed by atoms with Gasteiger partial charge < -0.3 is 33.5 Å². The third-order valence-electron chi connectivity index (χ3n) is 7.08. The highest BCUT2D eigenvalue weighted by atomic mass is 16.6. The number of phenols is 1. The van der Waals surface area contributed by atoms with E-state index < -0.39 is 5.60 Å². The van der Waals surface area contributed by atoms with E-state index >= 15 is 0 Å². The lowest BCUT2D eigenvalue weighted by Gasteiger charge is -2.39. The monoisotopic (exact) mass is 500 g/mol. The number of fused-ring (bicyclic) bond motifs is 3. The maximum atomic E-state index is 12.9. The summed E-state index contributed by atoms with van der Waals surface area (Å²) in [5, 5.41) is 11.5. The normalized spacial score (nSPS) is 19.2. The van der Waals surface area contributed by atoms with E-state index in [-0.39, 0.29) is 23.4 Å². The molecule has 1 aliphatic carbocycles. The van der Waals surface area contributed by atoms with Crippen molar-refractivity contribution in [1.82, 2.24) is 0 Å². The minimum atomic E-state index is -0.888. The van der Waals surface area contributed by atoms with Gasteiger partial charge in [-0.1, -0.05) is 13.0 Å². The van der Waals surface area contributed by atoms with Crippen LogP contribution in [0.1, 0.15) is 38.8 Å². The molecule has 2 aromatic carbocycles. The van der Waals surface area contributed by atoms with E-state index in [9.17, 15) is 9.90 Å². The van der Waals surface area contributed by atoms with Gasteiger partial charge in [0.1, 0.15) is 5.60 Å². The van der Waals surface area contributed by atoms with Crippen molar-refractivity contribution in [2.75, 3.05) is 35.5 Å². The van der Waals surface area contributed by atoms with Crippen LogP contribution in [0.15, 0.2) is 23.8 Å². The molecule has 0 saturated carbocycles. The molecule has 0 saturated heterocycles. The molecule has 0 unspecified atom stereocenters. The Morgan fingerprint density at radius 3 is 2.00 bits per heavy atom. The molecule has 8 heteroatoms. The van der Waals surface area contributed by atoms with Crippen LogP contribution < -0.4 is 23.7 Å². The lowest BCUT2D eigenvalue weighted by Crippen LogP contribution is -2.42. The van der Waals surface area contributed by atoms with Gasteiger partial charge >= 0.3 is 5.97 Å². The molecule has 0 fully saturated rings. The van der Waals surface area contributed by atoms with E-state index in [0.29, 0.717) is 52.5 Å². The molecule has 0 bridgehead atoms. The predicted molar refractivity (Wildman–Crippen MR) is 137 cm³/mol. The third kappa shape index (κ3) is 4.52. The van der Waals surface area contributed by atoms with Gasteiger partial charge in [-0.3, -0.25) is 0 Å². The average molecular weight is 501 g/mol. The molecule has 0 aliphatic heterocycles. The second-order valence-electron chi connectivity index (χ2n) is 9.13. The van der Waals surface area contributed by atoms with Crippen molar-refractivity contribution in [3.63, 3.8) is 0 Å². The fourth-order valence-electron chi connectivity index (χ4n) is 4.73. The Hall–Kier alpha value is -3.55. The third-order valence-corrected chi connectivity index (χ3v) is 7.08. The van der Waals surface area contributed by atoms with Crippen LogP contribution in [0.25, 0.3) is 11.1 Å². The SMILES string of the molecule is C/C=C(/C)C(=O)O[C@@]1(C)Cc2cc(OC)c(OC)c(OC)c2-c2c(cc(OC)c(OC)c2O)C[C@H]1C. The molecule has 1 aliphatic rings. The quantitative estimate of drug-likeness (QED) is 0.414. The molecule has 0 radical (unpaired) electrons. The van der Waals surface area contributed by atoms with Gasteiger partial charge in [-0.15, -0.1) is 0 Å². The van der Waals surface area contributed by atoms with Crippen molar-refractivity contribution in [2.24, 2.45) is 5.92 Å². The number of esters is 1. The molecule has 196 valence electrons. The summed E-state index contributed by atoms with van der Waals surface area (Å²) >= 11 is 0. The molecule has 0 spiro atoms. The summed E-state index contributed by atoms with van der Waals surface area (Å²) in [4.78, 5) is 12.9. The molecule has 3 rings (SSSR count). The van der Waals surface area contributed by atoms with Crippen LogP contribution in [0.5, 0.6) is 34.5 Å². The van der Waals surface area contributed by atoms with E-state index in [0.717, 1.165) is 11.1 Å². The van der Waals surface area contributed by atoms with Gasteiger partial charge in [0.15, 0.2) is 23.0 Å². The van der Waals surface area contributed by atoms with Gasteiger partial charge in [0.25, 0.3) is 0 Å². The van der Waals surface area contributed by atoms with Crippen LogP contribution in [-0.4, -0.2) is 52.2 Å². The lowest BCUT2D eigenvalue weighted by molar-refractivity contribution is -0.158. The minimum Gasteiger partial charge on any atom is -0.504 e. The first-order chi connectivity index (χ1) is 17.1. The standard InChI is InChI=1S/C28H36O8/c1-10-15(2)27(30)36-28(4)14-18-13-20(32-6)25(34-8)26(35-9)22(18)21-17(11-16(28)3)12-19(31-5)24(33-7)23(21)29/h10,12-13,16,29H,11,14H2,1-9H3/b15-10-/t16-,28+/m1/s1. The number of allylic oxidation sites excluding steroid dienone is 1. The first kappa shape index (κ1) is 27.0. The molecule has 0 heterocycles. The van der Waals surface area contributed by atoms with Gasteiger partial charge in [0, 0.05) is 29.0 Å². The highest BCUT2D eigenvalue weighted by Gasteiger charge is 2.41. The number of methoxy groups -OCH3 is 5. The number of aromatic hydroxyl groups is 1.